The molecule has 0 aliphatic carbocycles. The fraction of sp³-hybridized carbons (Fsp3) is 0.976. The first-order chi connectivity index (χ1) is 24.5. The lowest BCUT2D eigenvalue weighted by molar-refractivity contribution is -0.870. The number of aliphatic hydroxyl groups excluding tert-OH is 1. The van der Waals surface area contributed by atoms with Crippen molar-refractivity contribution in [3.05, 3.63) is 0 Å². The van der Waals surface area contributed by atoms with E-state index in [1.54, 1.807) is 0 Å². The van der Waals surface area contributed by atoms with Crippen molar-refractivity contribution in [1.82, 2.24) is 5.32 Å². The van der Waals surface area contributed by atoms with Gasteiger partial charge in [0.1, 0.15) is 13.2 Å². The predicted molar refractivity (Wildman–Crippen MR) is 217 cm³/mol. The van der Waals surface area contributed by atoms with Gasteiger partial charge in [-0.15, -0.1) is 0 Å². The molecule has 0 aromatic rings. The van der Waals surface area contributed by atoms with Crippen LogP contribution in [-0.2, 0) is 18.4 Å². The van der Waals surface area contributed by atoms with Gasteiger partial charge in [0.05, 0.1) is 39.9 Å². The fourth-order valence-electron chi connectivity index (χ4n) is 6.58. The van der Waals surface area contributed by atoms with E-state index in [-0.39, 0.29) is 19.1 Å². The second-order valence-electron chi connectivity index (χ2n) is 16.4. The molecule has 0 saturated carbocycles. The zero-order valence-electron chi connectivity index (χ0n) is 34.6. The third kappa shape index (κ3) is 37.6. The van der Waals surface area contributed by atoms with Crippen LogP contribution < -0.4 is 5.32 Å². The van der Waals surface area contributed by atoms with Gasteiger partial charge in [-0.3, -0.25) is 13.8 Å². The molecule has 306 valence electrons. The monoisotopic (exact) mass is 748 g/mol. The first kappa shape index (κ1) is 50.5. The van der Waals surface area contributed by atoms with E-state index in [0.29, 0.717) is 23.9 Å². The van der Waals surface area contributed by atoms with Crippen LogP contribution in [0.1, 0.15) is 213 Å². The normalized spacial score (nSPS) is 14.4. The summed E-state index contributed by atoms with van der Waals surface area (Å²) < 4.78 is 23.3. The average molecular weight is 748 g/mol. The van der Waals surface area contributed by atoms with E-state index in [1.165, 1.54) is 148 Å². The number of unbranched alkanes of at least 4 members (excludes halogenated alkanes) is 27. The van der Waals surface area contributed by atoms with Gasteiger partial charge in [0.25, 0.3) is 0 Å². The molecule has 0 saturated heterocycles. The number of hydrogen-bond donors (Lipinski definition) is 3. The van der Waals surface area contributed by atoms with Crippen LogP contribution in [-0.4, -0.2) is 73.4 Å². The SMILES string of the molecule is CCCCCCCCCCCCCCCCCCCCCCCCCCCCC(O)C(COP(=O)(O)OCC[N+](C)(C)C)NC(=O)CCCCC. The molecule has 9 heteroatoms. The zero-order chi connectivity index (χ0) is 37.9. The Balaban J connectivity index is 3.85. The first-order valence-electron chi connectivity index (χ1n) is 21.9. The van der Waals surface area contributed by atoms with Gasteiger partial charge in [0.2, 0.25) is 5.91 Å². The molecule has 1 amide bonds. The molecule has 0 spiro atoms. The van der Waals surface area contributed by atoms with Crippen molar-refractivity contribution < 1.29 is 32.9 Å². The van der Waals surface area contributed by atoms with Crippen molar-refractivity contribution in [1.29, 1.82) is 0 Å². The molecule has 8 nitrogen and oxygen atoms in total. The van der Waals surface area contributed by atoms with Crippen LogP contribution in [0.5, 0.6) is 0 Å². The number of rotatable bonds is 40. The third-order valence-electron chi connectivity index (χ3n) is 10.1. The lowest BCUT2D eigenvalue weighted by Gasteiger charge is -2.26. The number of hydrogen-bond acceptors (Lipinski definition) is 5. The maximum Gasteiger partial charge on any atom is 0.472 e. The molecule has 0 aromatic heterocycles. The van der Waals surface area contributed by atoms with E-state index in [1.807, 2.05) is 21.1 Å². The van der Waals surface area contributed by atoms with Crippen LogP contribution in [0.25, 0.3) is 0 Å². The van der Waals surface area contributed by atoms with Gasteiger partial charge in [-0.2, -0.15) is 0 Å². The Labute approximate surface area is 317 Å². The van der Waals surface area contributed by atoms with Gasteiger partial charge in [-0.05, 0) is 12.8 Å². The van der Waals surface area contributed by atoms with Crippen LogP contribution >= 0.6 is 7.82 Å². The molecule has 0 aliphatic heterocycles. The minimum absolute atomic E-state index is 0.0768. The van der Waals surface area contributed by atoms with Crippen LogP contribution in [0, 0.1) is 0 Å². The summed E-state index contributed by atoms with van der Waals surface area (Å²) in [5.74, 6) is -0.167. The molecule has 3 atom stereocenters. The van der Waals surface area contributed by atoms with Crippen LogP contribution in [0.15, 0.2) is 0 Å². The van der Waals surface area contributed by atoms with Crippen molar-refractivity contribution in [2.24, 2.45) is 0 Å². The maximum absolute atomic E-state index is 12.5. The Morgan fingerprint density at radius 1 is 0.588 bits per heavy atom. The summed E-state index contributed by atoms with van der Waals surface area (Å²) >= 11 is 0. The van der Waals surface area contributed by atoms with E-state index >= 15 is 0 Å². The number of nitrogens with zero attached hydrogens (tertiary/aromatic N) is 1. The lowest BCUT2D eigenvalue weighted by Crippen LogP contribution is -2.46. The van der Waals surface area contributed by atoms with Crippen LogP contribution in [0.4, 0.5) is 0 Å². The van der Waals surface area contributed by atoms with Crippen molar-refractivity contribution in [3.8, 4) is 0 Å². The lowest BCUT2D eigenvalue weighted by atomic mass is 10.0. The predicted octanol–water partition coefficient (Wildman–Crippen LogP) is 11.8. The number of quaternary nitrogens is 1. The zero-order valence-corrected chi connectivity index (χ0v) is 35.5. The number of likely N-dealkylation sites (N-methyl/N-ethyl adjacent to an activating group) is 1. The second-order valence-corrected chi connectivity index (χ2v) is 17.9. The number of carbonyl (C=O) groups excluding carboxylic acids is 1. The molecule has 3 unspecified atom stereocenters. The van der Waals surface area contributed by atoms with Gasteiger partial charge in [-0.1, -0.05) is 194 Å². The standard InChI is InChI=1S/C42H87N2O6P/c1-6-8-10-11-12-13-14-15-16-17-18-19-20-21-22-23-24-25-26-27-28-29-30-31-32-34-35-41(45)40(43-42(46)36-33-9-7-2)39-50-51(47,48)49-38-37-44(3,4)5/h40-41,45H,6-39H2,1-5H3,(H-,43,46,47,48)/p+1. The maximum atomic E-state index is 12.5. The minimum Gasteiger partial charge on any atom is -0.391 e. The van der Waals surface area contributed by atoms with Gasteiger partial charge in [0.15, 0.2) is 0 Å². The highest BCUT2D eigenvalue weighted by Crippen LogP contribution is 2.43. The topological polar surface area (TPSA) is 105 Å². The number of phosphoric acid groups is 1. The number of aliphatic hydroxyl groups is 1. The van der Waals surface area contributed by atoms with Crippen molar-refractivity contribution >= 4 is 13.7 Å². The highest BCUT2D eigenvalue weighted by Gasteiger charge is 2.28. The molecule has 3 N–H and O–H groups in total. The molecular formula is C42H88N2O6P+. The van der Waals surface area contributed by atoms with Gasteiger partial charge < -0.3 is 19.8 Å². The molecule has 0 bridgehead atoms. The molecule has 0 radical (unpaired) electrons. The number of amides is 1. The molecule has 51 heavy (non-hydrogen) atoms. The molecular weight excluding hydrogens is 659 g/mol. The Kier molecular flexibility index (Phi) is 34.9. The Bertz CT molecular complexity index is 809. The largest absolute Gasteiger partial charge is 0.472 e. The van der Waals surface area contributed by atoms with E-state index in [9.17, 15) is 19.4 Å². The van der Waals surface area contributed by atoms with Crippen LogP contribution in [0.3, 0.4) is 0 Å². The van der Waals surface area contributed by atoms with Gasteiger partial charge in [0, 0.05) is 6.42 Å². The Hall–Kier alpha value is -0.500. The second kappa shape index (κ2) is 35.2. The summed E-state index contributed by atoms with van der Waals surface area (Å²) in [6.45, 7) is 4.73. The highest BCUT2D eigenvalue weighted by molar-refractivity contribution is 7.47. The van der Waals surface area contributed by atoms with E-state index in [0.717, 1.165) is 38.5 Å². The summed E-state index contributed by atoms with van der Waals surface area (Å²) in [6.07, 6.45) is 38.0. The first-order valence-corrected chi connectivity index (χ1v) is 23.4. The smallest absolute Gasteiger partial charge is 0.391 e. The van der Waals surface area contributed by atoms with Crippen LogP contribution in [0.2, 0.25) is 0 Å². The average Bonchev–Trinajstić information content (AvgIpc) is 3.07. The van der Waals surface area contributed by atoms with Gasteiger partial charge >= 0.3 is 7.82 Å². The highest BCUT2D eigenvalue weighted by atomic mass is 31.2. The number of nitrogens with one attached hydrogen (secondary N) is 1. The Morgan fingerprint density at radius 2 is 0.941 bits per heavy atom. The molecule has 0 rings (SSSR count). The Morgan fingerprint density at radius 3 is 1.31 bits per heavy atom. The van der Waals surface area contributed by atoms with Crippen molar-refractivity contribution in [2.45, 2.75) is 225 Å². The summed E-state index contributed by atoms with van der Waals surface area (Å²) in [5.41, 5.74) is 0. The molecule has 0 aromatic carbocycles. The van der Waals surface area contributed by atoms with Crippen molar-refractivity contribution in [3.63, 3.8) is 0 Å². The summed E-state index contributed by atoms with van der Waals surface area (Å²) in [6, 6.07) is -0.749. The summed E-state index contributed by atoms with van der Waals surface area (Å²) in [5, 5.41) is 13.7. The summed E-state index contributed by atoms with van der Waals surface area (Å²) in [4.78, 5) is 22.6. The van der Waals surface area contributed by atoms with E-state index < -0.39 is 20.0 Å². The fourth-order valence-corrected chi connectivity index (χ4v) is 7.31. The minimum atomic E-state index is -4.29. The van der Waals surface area contributed by atoms with Crippen molar-refractivity contribution in [2.75, 3.05) is 40.9 Å². The third-order valence-corrected chi connectivity index (χ3v) is 11.1. The number of phosphoric ester groups is 1. The van der Waals surface area contributed by atoms with Gasteiger partial charge in [-0.25, -0.2) is 4.57 Å². The molecule has 0 fully saturated rings. The number of carbonyl (C=O) groups is 1. The van der Waals surface area contributed by atoms with E-state index in [4.69, 9.17) is 9.05 Å². The molecule has 0 heterocycles. The molecule has 0 aliphatic rings. The summed E-state index contributed by atoms with van der Waals surface area (Å²) in [7, 11) is 1.62. The quantitative estimate of drug-likeness (QED) is 0.0327. The van der Waals surface area contributed by atoms with E-state index in [2.05, 4.69) is 19.2 Å².